The number of carbonyl (C=O) groups excluding carboxylic acids is 3. The SMILES string of the molecule is CN(C(=O)OCCP(c1ccccc1)c1ccccc1)c1c(COC(=O)Cl)cccc1COC(=O)Cl. The molecule has 0 bridgehead atoms. The van der Waals surface area contributed by atoms with Gasteiger partial charge in [0.1, 0.15) is 13.2 Å². The van der Waals surface area contributed by atoms with Crippen LogP contribution in [0.1, 0.15) is 11.1 Å². The summed E-state index contributed by atoms with van der Waals surface area (Å²) in [6.45, 7) is -0.194. The Balaban J connectivity index is 1.75. The Hall–Kier alpha value is -3.12. The van der Waals surface area contributed by atoms with Gasteiger partial charge in [0.05, 0.1) is 12.3 Å². The molecular formula is C26H24Cl2NO6P. The molecule has 3 rings (SSSR count). The number of nitrogens with zero attached hydrogens (tertiary/aromatic N) is 1. The molecule has 0 N–H and O–H groups in total. The molecule has 0 saturated heterocycles. The van der Waals surface area contributed by atoms with E-state index in [1.165, 1.54) is 22.6 Å². The minimum absolute atomic E-state index is 0.184. The maximum Gasteiger partial charge on any atom is 0.414 e. The van der Waals surface area contributed by atoms with Crippen molar-refractivity contribution in [1.82, 2.24) is 0 Å². The highest BCUT2D eigenvalue weighted by Crippen LogP contribution is 2.33. The van der Waals surface area contributed by atoms with Crippen LogP contribution in [0, 0.1) is 0 Å². The van der Waals surface area contributed by atoms with Crippen molar-refractivity contribution in [2.24, 2.45) is 0 Å². The third-order valence-corrected chi connectivity index (χ3v) is 7.86. The number of hydrogen-bond acceptors (Lipinski definition) is 6. The number of hydrogen-bond donors (Lipinski definition) is 0. The predicted molar refractivity (Wildman–Crippen MR) is 142 cm³/mol. The van der Waals surface area contributed by atoms with E-state index < -0.39 is 24.9 Å². The van der Waals surface area contributed by atoms with Gasteiger partial charge in [-0.05, 0) is 18.5 Å². The maximum atomic E-state index is 13.0. The zero-order valence-electron chi connectivity index (χ0n) is 19.4. The van der Waals surface area contributed by atoms with Gasteiger partial charge in [0.25, 0.3) is 0 Å². The molecule has 0 atom stereocenters. The van der Waals surface area contributed by atoms with Gasteiger partial charge in [0.2, 0.25) is 0 Å². The van der Waals surface area contributed by atoms with Gasteiger partial charge < -0.3 is 14.2 Å². The van der Waals surface area contributed by atoms with E-state index in [2.05, 4.69) is 24.3 Å². The summed E-state index contributed by atoms with van der Waals surface area (Å²) in [5.74, 6) is 0. The molecule has 0 aliphatic rings. The lowest BCUT2D eigenvalue weighted by Crippen LogP contribution is -2.30. The molecule has 0 unspecified atom stereocenters. The van der Waals surface area contributed by atoms with E-state index in [1.807, 2.05) is 36.4 Å². The van der Waals surface area contributed by atoms with E-state index >= 15 is 0 Å². The normalized spacial score (nSPS) is 10.6. The smallest absolute Gasteiger partial charge is 0.414 e. The third-order valence-electron chi connectivity index (χ3n) is 5.17. The number of para-hydroxylation sites is 1. The van der Waals surface area contributed by atoms with Crippen LogP contribution < -0.4 is 15.5 Å². The lowest BCUT2D eigenvalue weighted by molar-refractivity contribution is 0.160. The maximum absolute atomic E-state index is 13.0. The van der Waals surface area contributed by atoms with Crippen LogP contribution >= 0.6 is 31.1 Å². The van der Waals surface area contributed by atoms with Crippen LogP contribution in [0.5, 0.6) is 0 Å². The summed E-state index contributed by atoms with van der Waals surface area (Å²) >= 11 is 10.6. The molecule has 1 amide bonds. The minimum atomic E-state index is -0.987. The van der Waals surface area contributed by atoms with Crippen LogP contribution in [0.4, 0.5) is 20.1 Å². The number of benzene rings is 3. The number of amides is 1. The summed E-state index contributed by atoms with van der Waals surface area (Å²) in [6.07, 6.45) is 0.0136. The van der Waals surface area contributed by atoms with Crippen LogP contribution in [0.15, 0.2) is 78.9 Å². The molecule has 3 aromatic rings. The van der Waals surface area contributed by atoms with Gasteiger partial charge in [-0.3, -0.25) is 4.90 Å². The largest absolute Gasteiger partial charge is 0.449 e. The lowest BCUT2D eigenvalue weighted by atomic mass is 10.1. The monoisotopic (exact) mass is 547 g/mol. The van der Waals surface area contributed by atoms with Crippen LogP contribution in [-0.2, 0) is 27.4 Å². The first-order chi connectivity index (χ1) is 17.4. The second kappa shape index (κ2) is 13.8. The zero-order chi connectivity index (χ0) is 25.9. The minimum Gasteiger partial charge on any atom is -0.449 e. The Morgan fingerprint density at radius 2 is 1.19 bits per heavy atom. The molecule has 7 nitrogen and oxygen atoms in total. The van der Waals surface area contributed by atoms with E-state index in [4.69, 9.17) is 37.4 Å². The summed E-state index contributed by atoms with van der Waals surface area (Å²) in [4.78, 5) is 36.6. The molecule has 0 spiro atoms. The first kappa shape index (κ1) is 27.5. The summed E-state index contributed by atoms with van der Waals surface area (Å²) in [5, 5.41) is 2.36. The summed E-state index contributed by atoms with van der Waals surface area (Å²) in [7, 11) is 0.787. The van der Waals surface area contributed by atoms with E-state index in [-0.39, 0.29) is 19.8 Å². The van der Waals surface area contributed by atoms with Crippen LogP contribution in [0.2, 0.25) is 0 Å². The van der Waals surface area contributed by atoms with Crippen molar-refractivity contribution in [1.29, 1.82) is 0 Å². The number of rotatable bonds is 10. The highest BCUT2D eigenvalue weighted by atomic mass is 35.5. The summed E-state index contributed by atoms with van der Waals surface area (Å²) in [5.41, 5.74) is -0.658. The molecular weight excluding hydrogens is 524 g/mol. The first-order valence-corrected chi connectivity index (χ1v) is 13.2. The third kappa shape index (κ3) is 7.95. The fraction of sp³-hybridized carbons (Fsp3) is 0.192. The number of ether oxygens (including phenoxy) is 3. The van der Waals surface area contributed by atoms with E-state index in [0.717, 1.165) is 0 Å². The molecule has 0 heterocycles. The standard InChI is InChI=1S/C26H24Cl2NO6P/c1-29(23-19(17-34-24(27)30)9-8-10-20(23)18-35-25(28)31)26(32)33-15-16-36(21-11-4-2-5-12-21)22-13-6-3-7-14-22/h2-14H,15-18H2,1H3. The molecule has 10 heteroatoms. The highest BCUT2D eigenvalue weighted by molar-refractivity contribution is 7.73. The van der Waals surface area contributed by atoms with Gasteiger partial charge in [-0.2, -0.15) is 0 Å². The predicted octanol–water partition coefficient (Wildman–Crippen LogP) is 6.14. The molecule has 0 aromatic heterocycles. The van der Waals surface area contributed by atoms with Crippen molar-refractivity contribution in [3.63, 3.8) is 0 Å². The van der Waals surface area contributed by atoms with Gasteiger partial charge in [0, 0.05) is 47.5 Å². The average molecular weight is 548 g/mol. The summed E-state index contributed by atoms with van der Waals surface area (Å²) < 4.78 is 15.4. The van der Waals surface area contributed by atoms with E-state index in [9.17, 15) is 14.4 Å². The van der Waals surface area contributed by atoms with Crippen molar-refractivity contribution in [3.8, 4) is 0 Å². The number of halogens is 2. The second-order valence-corrected chi connectivity index (χ2v) is 10.4. The van der Waals surface area contributed by atoms with Gasteiger partial charge in [-0.25, -0.2) is 14.4 Å². The molecule has 0 fully saturated rings. The fourth-order valence-electron chi connectivity index (χ4n) is 3.61. The Morgan fingerprint density at radius 3 is 1.64 bits per heavy atom. The Labute approximate surface area is 220 Å². The molecule has 188 valence electrons. The van der Waals surface area contributed by atoms with Crippen molar-refractivity contribution in [2.75, 3.05) is 24.7 Å². The quantitative estimate of drug-likeness (QED) is 0.172. The summed E-state index contributed by atoms with van der Waals surface area (Å²) in [6, 6.07) is 25.2. The number of carbonyl (C=O) groups is 3. The van der Waals surface area contributed by atoms with Crippen LogP contribution in [0.3, 0.4) is 0 Å². The highest BCUT2D eigenvalue weighted by Gasteiger charge is 2.22. The Morgan fingerprint density at radius 1 is 0.722 bits per heavy atom. The topological polar surface area (TPSA) is 82.1 Å². The molecule has 0 saturated carbocycles. The Bertz CT molecular complexity index is 1100. The number of anilines is 1. The molecule has 3 aromatic carbocycles. The van der Waals surface area contributed by atoms with Gasteiger partial charge >= 0.3 is 17.0 Å². The van der Waals surface area contributed by atoms with E-state index in [0.29, 0.717) is 23.0 Å². The van der Waals surface area contributed by atoms with Crippen LogP contribution in [0.25, 0.3) is 0 Å². The van der Waals surface area contributed by atoms with Crippen molar-refractivity contribution < 1.29 is 28.6 Å². The van der Waals surface area contributed by atoms with Gasteiger partial charge in [0.15, 0.2) is 0 Å². The van der Waals surface area contributed by atoms with Crippen molar-refractivity contribution >= 4 is 64.4 Å². The van der Waals surface area contributed by atoms with E-state index in [1.54, 1.807) is 18.2 Å². The van der Waals surface area contributed by atoms with Crippen molar-refractivity contribution in [3.05, 3.63) is 90.0 Å². The molecule has 0 aliphatic heterocycles. The van der Waals surface area contributed by atoms with Gasteiger partial charge in [-0.15, -0.1) is 0 Å². The van der Waals surface area contributed by atoms with Crippen LogP contribution in [-0.4, -0.2) is 36.8 Å². The fourth-order valence-corrected chi connectivity index (χ4v) is 5.87. The average Bonchev–Trinajstić information content (AvgIpc) is 2.89. The molecule has 36 heavy (non-hydrogen) atoms. The molecule has 0 radical (unpaired) electrons. The molecule has 0 aliphatic carbocycles. The van der Waals surface area contributed by atoms with Crippen molar-refractivity contribution in [2.45, 2.75) is 13.2 Å². The lowest BCUT2D eigenvalue weighted by Gasteiger charge is -2.24. The first-order valence-electron chi connectivity index (χ1n) is 10.9. The Kier molecular flexibility index (Phi) is 10.6. The second-order valence-electron chi connectivity index (χ2n) is 7.47. The zero-order valence-corrected chi connectivity index (χ0v) is 21.8. The van der Waals surface area contributed by atoms with Gasteiger partial charge in [-0.1, -0.05) is 78.9 Å².